The van der Waals surface area contributed by atoms with Gasteiger partial charge in [0.05, 0.1) is 6.42 Å². The molecule has 0 saturated carbocycles. The molecule has 15 heavy (non-hydrogen) atoms. The maximum atomic E-state index is 10.7. The summed E-state index contributed by atoms with van der Waals surface area (Å²) in [4.78, 5) is 12.6. The molecule has 0 aliphatic heterocycles. The Morgan fingerprint density at radius 2 is 1.60 bits per heavy atom. The third-order valence-corrected chi connectivity index (χ3v) is 2.00. The van der Waals surface area contributed by atoms with Crippen molar-refractivity contribution in [3.05, 3.63) is 0 Å². The third-order valence-electron chi connectivity index (χ3n) is 2.00. The molecule has 0 spiro atoms. The second-order valence-corrected chi connectivity index (χ2v) is 4.89. The molecule has 0 saturated heterocycles. The van der Waals surface area contributed by atoms with E-state index in [2.05, 4.69) is 27.7 Å². The van der Waals surface area contributed by atoms with Crippen molar-refractivity contribution in [3.8, 4) is 0 Å². The number of hydrogen-bond acceptors (Lipinski definition) is 3. The number of carbonyl (C=O) groups excluding carboxylic acids is 1. The molecule has 0 heterocycles. The minimum Gasteiger partial charge on any atom is -0.378 e. The Bertz CT molecular complexity index is 183. The predicted octanol–water partition coefficient (Wildman–Crippen LogP) is 0.794. The van der Waals surface area contributed by atoms with Crippen molar-refractivity contribution < 1.29 is 9.90 Å². The highest BCUT2D eigenvalue weighted by molar-refractivity contribution is 5.74. The van der Waals surface area contributed by atoms with Gasteiger partial charge in [0, 0.05) is 13.1 Å². The summed E-state index contributed by atoms with van der Waals surface area (Å²) in [6, 6.07) is 0. The van der Waals surface area contributed by atoms with Crippen LogP contribution >= 0.6 is 0 Å². The molecule has 0 aromatic carbocycles. The van der Waals surface area contributed by atoms with Gasteiger partial charge in [0.15, 0.2) is 0 Å². The van der Waals surface area contributed by atoms with Crippen molar-refractivity contribution in [2.75, 3.05) is 13.1 Å². The van der Waals surface area contributed by atoms with Crippen molar-refractivity contribution in [1.82, 2.24) is 4.90 Å². The second-order valence-electron chi connectivity index (χ2n) is 4.89. The van der Waals surface area contributed by atoms with Crippen LogP contribution in [0, 0.1) is 11.8 Å². The zero-order valence-corrected chi connectivity index (χ0v) is 10.2. The standard InChI is InChI=1S/C11H24N2O2/c1-8(2)6-13(7-9(3)4)11(15)5-10(12)14/h8-9,11,15H,5-7H2,1-4H3,(H2,12,14). The molecule has 0 aliphatic rings. The fraction of sp³-hybridized carbons (Fsp3) is 0.909. The van der Waals surface area contributed by atoms with Crippen LogP contribution in [0.5, 0.6) is 0 Å². The van der Waals surface area contributed by atoms with E-state index in [1.165, 1.54) is 0 Å². The lowest BCUT2D eigenvalue weighted by Gasteiger charge is -2.30. The van der Waals surface area contributed by atoms with E-state index in [1.807, 2.05) is 4.90 Å². The fourth-order valence-corrected chi connectivity index (χ4v) is 1.56. The monoisotopic (exact) mass is 216 g/mol. The van der Waals surface area contributed by atoms with Crippen molar-refractivity contribution in [2.45, 2.75) is 40.3 Å². The van der Waals surface area contributed by atoms with Crippen molar-refractivity contribution in [1.29, 1.82) is 0 Å². The summed E-state index contributed by atoms with van der Waals surface area (Å²) >= 11 is 0. The summed E-state index contributed by atoms with van der Waals surface area (Å²) in [7, 11) is 0. The highest BCUT2D eigenvalue weighted by Gasteiger charge is 2.19. The minimum atomic E-state index is -0.743. The van der Waals surface area contributed by atoms with Crippen LogP contribution in [0.1, 0.15) is 34.1 Å². The van der Waals surface area contributed by atoms with E-state index in [0.29, 0.717) is 11.8 Å². The average molecular weight is 216 g/mol. The molecule has 1 amide bonds. The fourth-order valence-electron chi connectivity index (χ4n) is 1.56. The summed E-state index contributed by atoms with van der Waals surface area (Å²) in [5.41, 5.74) is 5.07. The van der Waals surface area contributed by atoms with Crippen LogP contribution < -0.4 is 5.73 Å². The normalized spacial score (nSPS) is 13.9. The van der Waals surface area contributed by atoms with Crippen LogP contribution in [0.15, 0.2) is 0 Å². The molecule has 4 nitrogen and oxygen atoms in total. The molecule has 0 rings (SSSR count). The molecule has 0 aliphatic carbocycles. The molecule has 0 aromatic rings. The SMILES string of the molecule is CC(C)CN(CC(C)C)C(O)CC(N)=O. The summed E-state index contributed by atoms with van der Waals surface area (Å²) in [6.45, 7) is 9.92. The van der Waals surface area contributed by atoms with Gasteiger partial charge < -0.3 is 10.8 Å². The molecule has 0 fully saturated rings. The van der Waals surface area contributed by atoms with Crippen LogP contribution in [0.2, 0.25) is 0 Å². The maximum absolute atomic E-state index is 10.7. The summed E-state index contributed by atoms with van der Waals surface area (Å²) in [5.74, 6) is 0.470. The number of carbonyl (C=O) groups is 1. The maximum Gasteiger partial charge on any atom is 0.221 e. The van der Waals surface area contributed by atoms with Crippen molar-refractivity contribution >= 4 is 5.91 Å². The number of primary amides is 1. The number of rotatable bonds is 7. The zero-order chi connectivity index (χ0) is 12.0. The van der Waals surface area contributed by atoms with Crippen LogP contribution in [0.4, 0.5) is 0 Å². The number of amides is 1. The van der Waals surface area contributed by atoms with E-state index in [4.69, 9.17) is 5.73 Å². The molecule has 4 heteroatoms. The Morgan fingerprint density at radius 3 is 1.87 bits per heavy atom. The lowest BCUT2D eigenvalue weighted by Crippen LogP contribution is -2.42. The zero-order valence-electron chi connectivity index (χ0n) is 10.2. The van der Waals surface area contributed by atoms with E-state index in [9.17, 15) is 9.90 Å². The number of aliphatic hydroxyl groups is 1. The number of aliphatic hydroxyl groups excluding tert-OH is 1. The highest BCUT2D eigenvalue weighted by atomic mass is 16.3. The van der Waals surface area contributed by atoms with E-state index >= 15 is 0 Å². The Morgan fingerprint density at radius 1 is 1.20 bits per heavy atom. The quantitative estimate of drug-likeness (QED) is 0.618. The lowest BCUT2D eigenvalue weighted by molar-refractivity contribution is -0.123. The highest BCUT2D eigenvalue weighted by Crippen LogP contribution is 2.09. The first-order chi connectivity index (χ1) is 6.82. The van der Waals surface area contributed by atoms with Gasteiger partial charge >= 0.3 is 0 Å². The van der Waals surface area contributed by atoms with Gasteiger partial charge in [-0.1, -0.05) is 27.7 Å². The van der Waals surface area contributed by atoms with E-state index in [1.54, 1.807) is 0 Å². The number of hydrogen-bond donors (Lipinski definition) is 2. The summed E-state index contributed by atoms with van der Waals surface area (Å²) < 4.78 is 0. The van der Waals surface area contributed by atoms with Gasteiger partial charge in [-0.05, 0) is 11.8 Å². The second kappa shape index (κ2) is 6.80. The van der Waals surface area contributed by atoms with Gasteiger partial charge in [-0.15, -0.1) is 0 Å². The lowest BCUT2D eigenvalue weighted by atomic mass is 10.1. The largest absolute Gasteiger partial charge is 0.378 e. The Balaban J connectivity index is 4.26. The molecule has 0 radical (unpaired) electrons. The molecule has 0 bridgehead atoms. The number of nitrogens with zero attached hydrogens (tertiary/aromatic N) is 1. The molecule has 0 aromatic heterocycles. The number of nitrogens with two attached hydrogens (primary N) is 1. The van der Waals surface area contributed by atoms with Crippen molar-refractivity contribution in [2.24, 2.45) is 17.6 Å². The van der Waals surface area contributed by atoms with Gasteiger partial charge in [-0.25, -0.2) is 0 Å². The van der Waals surface area contributed by atoms with Crippen LogP contribution in [-0.2, 0) is 4.79 Å². The van der Waals surface area contributed by atoms with Gasteiger partial charge in [-0.3, -0.25) is 9.69 Å². The minimum absolute atomic E-state index is 0.0133. The van der Waals surface area contributed by atoms with E-state index < -0.39 is 12.1 Å². The molecule has 3 N–H and O–H groups in total. The molecule has 1 unspecified atom stereocenters. The topological polar surface area (TPSA) is 66.6 Å². The van der Waals surface area contributed by atoms with E-state index in [-0.39, 0.29) is 6.42 Å². The molecular weight excluding hydrogens is 192 g/mol. The van der Waals surface area contributed by atoms with Gasteiger partial charge in [0.25, 0.3) is 0 Å². The Hall–Kier alpha value is -0.610. The first-order valence-corrected chi connectivity index (χ1v) is 5.53. The third kappa shape index (κ3) is 7.33. The molecular formula is C11H24N2O2. The average Bonchev–Trinajstić information content (AvgIpc) is 1.99. The first kappa shape index (κ1) is 14.4. The van der Waals surface area contributed by atoms with Gasteiger partial charge in [0.1, 0.15) is 6.23 Å². The molecule has 1 atom stereocenters. The van der Waals surface area contributed by atoms with Crippen LogP contribution in [-0.4, -0.2) is 35.2 Å². The Labute approximate surface area is 92.4 Å². The smallest absolute Gasteiger partial charge is 0.221 e. The van der Waals surface area contributed by atoms with Gasteiger partial charge in [0.2, 0.25) is 5.91 Å². The van der Waals surface area contributed by atoms with Gasteiger partial charge in [-0.2, -0.15) is 0 Å². The summed E-state index contributed by atoms with van der Waals surface area (Å²) in [6.07, 6.45) is -0.730. The molecule has 90 valence electrons. The van der Waals surface area contributed by atoms with Crippen LogP contribution in [0.3, 0.4) is 0 Å². The first-order valence-electron chi connectivity index (χ1n) is 5.53. The Kier molecular flexibility index (Phi) is 6.52. The summed E-state index contributed by atoms with van der Waals surface area (Å²) in [5, 5.41) is 9.80. The van der Waals surface area contributed by atoms with E-state index in [0.717, 1.165) is 13.1 Å². The van der Waals surface area contributed by atoms with Crippen LogP contribution in [0.25, 0.3) is 0 Å². The van der Waals surface area contributed by atoms with Crippen molar-refractivity contribution in [3.63, 3.8) is 0 Å². The predicted molar refractivity (Wildman–Crippen MR) is 61.1 cm³/mol.